The van der Waals surface area contributed by atoms with Crippen LogP contribution in [0, 0.1) is 0 Å². The molecule has 0 bridgehead atoms. The fourth-order valence-corrected chi connectivity index (χ4v) is 2.07. The first-order valence-electron chi connectivity index (χ1n) is 5.97. The van der Waals surface area contributed by atoms with Gasteiger partial charge in [0, 0.05) is 13.6 Å². The van der Waals surface area contributed by atoms with Gasteiger partial charge in [0.2, 0.25) is 5.91 Å². The number of carbonyl (C=O) groups excluding carboxylic acids is 2. The topological polar surface area (TPSA) is 58.6 Å². The number of nitrogens with one attached hydrogen (secondary N) is 1. The fraction of sp³-hybridized carbons (Fsp3) is 0.385. The van der Waals surface area contributed by atoms with Crippen LogP contribution in [0.5, 0.6) is 5.75 Å². The lowest BCUT2D eigenvalue weighted by Crippen LogP contribution is -2.46. The fourth-order valence-electron chi connectivity index (χ4n) is 2.07. The van der Waals surface area contributed by atoms with Crippen LogP contribution in [0.4, 0.5) is 4.79 Å². The van der Waals surface area contributed by atoms with Crippen molar-refractivity contribution in [2.24, 2.45) is 0 Å². The van der Waals surface area contributed by atoms with E-state index in [0.717, 1.165) is 6.42 Å². The second-order valence-corrected chi connectivity index (χ2v) is 4.15. The SMILES string of the molecule is CNC(=O)C1CCCN1C(=O)Oc1ccccc1. The van der Waals surface area contributed by atoms with E-state index in [9.17, 15) is 9.59 Å². The van der Waals surface area contributed by atoms with E-state index < -0.39 is 12.1 Å². The van der Waals surface area contributed by atoms with E-state index in [1.165, 1.54) is 4.90 Å². The van der Waals surface area contributed by atoms with Crippen LogP contribution in [0.2, 0.25) is 0 Å². The van der Waals surface area contributed by atoms with Crippen molar-refractivity contribution in [2.75, 3.05) is 13.6 Å². The number of amides is 2. The largest absolute Gasteiger partial charge is 0.415 e. The van der Waals surface area contributed by atoms with Crippen molar-refractivity contribution in [1.82, 2.24) is 10.2 Å². The smallest absolute Gasteiger partial charge is 0.410 e. The molecule has 1 saturated heterocycles. The summed E-state index contributed by atoms with van der Waals surface area (Å²) in [6.45, 7) is 0.559. The second kappa shape index (κ2) is 5.53. The molecule has 1 heterocycles. The van der Waals surface area contributed by atoms with Crippen molar-refractivity contribution < 1.29 is 14.3 Å². The quantitative estimate of drug-likeness (QED) is 0.860. The Hall–Kier alpha value is -2.04. The van der Waals surface area contributed by atoms with Gasteiger partial charge in [0.05, 0.1) is 0 Å². The van der Waals surface area contributed by atoms with Crippen LogP contribution >= 0.6 is 0 Å². The lowest BCUT2D eigenvalue weighted by Gasteiger charge is -2.22. The molecule has 0 saturated carbocycles. The minimum Gasteiger partial charge on any atom is -0.410 e. The Balaban J connectivity index is 2.02. The summed E-state index contributed by atoms with van der Waals surface area (Å²) in [7, 11) is 1.57. The molecule has 1 aliphatic heterocycles. The highest BCUT2D eigenvalue weighted by atomic mass is 16.6. The van der Waals surface area contributed by atoms with Gasteiger partial charge in [-0.25, -0.2) is 4.79 Å². The summed E-state index contributed by atoms with van der Waals surface area (Å²) in [5.41, 5.74) is 0. The van der Waals surface area contributed by atoms with Crippen molar-refractivity contribution in [3.8, 4) is 5.75 Å². The molecular weight excluding hydrogens is 232 g/mol. The monoisotopic (exact) mass is 248 g/mol. The lowest BCUT2D eigenvalue weighted by molar-refractivity contribution is -0.124. The van der Waals surface area contributed by atoms with Crippen LogP contribution in [0.25, 0.3) is 0 Å². The maximum atomic E-state index is 12.0. The molecule has 5 heteroatoms. The van der Waals surface area contributed by atoms with E-state index in [1.54, 1.807) is 31.3 Å². The summed E-state index contributed by atoms with van der Waals surface area (Å²) < 4.78 is 5.23. The Morgan fingerprint density at radius 1 is 1.33 bits per heavy atom. The average Bonchev–Trinajstić information content (AvgIpc) is 2.88. The molecule has 1 aliphatic rings. The molecule has 96 valence electrons. The third-order valence-electron chi connectivity index (χ3n) is 2.98. The number of hydrogen-bond donors (Lipinski definition) is 1. The molecule has 0 aliphatic carbocycles. The van der Waals surface area contributed by atoms with Crippen molar-refractivity contribution in [3.63, 3.8) is 0 Å². The van der Waals surface area contributed by atoms with E-state index >= 15 is 0 Å². The first-order chi connectivity index (χ1) is 8.72. The third kappa shape index (κ3) is 2.61. The summed E-state index contributed by atoms with van der Waals surface area (Å²) in [4.78, 5) is 25.1. The van der Waals surface area contributed by atoms with Gasteiger partial charge in [-0.05, 0) is 25.0 Å². The zero-order valence-electron chi connectivity index (χ0n) is 10.3. The van der Waals surface area contributed by atoms with Gasteiger partial charge in [-0.3, -0.25) is 9.69 Å². The molecule has 1 N–H and O–H groups in total. The molecule has 0 aromatic heterocycles. The first kappa shape index (κ1) is 12.4. The highest BCUT2D eigenvalue weighted by Crippen LogP contribution is 2.19. The molecule has 18 heavy (non-hydrogen) atoms. The van der Waals surface area contributed by atoms with Gasteiger partial charge in [0.1, 0.15) is 11.8 Å². The van der Waals surface area contributed by atoms with E-state index in [-0.39, 0.29) is 5.91 Å². The van der Waals surface area contributed by atoms with E-state index in [0.29, 0.717) is 18.7 Å². The summed E-state index contributed by atoms with van der Waals surface area (Å²) in [6, 6.07) is 8.45. The van der Waals surface area contributed by atoms with Crippen molar-refractivity contribution in [2.45, 2.75) is 18.9 Å². The molecule has 5 nitrogen and oxygen atoms in total. The van der Waals surface area contributed by atoms with E-state index in [1.807, 2.05) is 6.07 Å². The molecule has 0 radical (unpaired) electrons. The number of benzene rings is 1. The maximum absolute atomic E-state index is 12.0. The Bertz CT molecular complexity index is 433. The van der Waals surface area contributed by atoms with Crippen LogP contribution in [-0.2, 0) is 4.79 Å². The number of ether oxygens (including phenoxy) is 1. The van der Waals surface area contributed by atoms with Crippen LogP contribution < -0.4 is 10.1 Å². The van der Waals surface area contributed by atoms with Gasteiger partial charge in [-0.15, -0.1) is 0 Å². The Kier molecular flexibility index (Phi) is 3.82. The molecule has 1 aromatic rings. The minimum absolute atomic E-state index is 0.141. The number of likely N-dealkylation sites (N-methyl/N-ethyl adjacent to an activating group) is 1. The van der Waals surface area contributed by atoms with Crippen LogP contribution in [0.15, 0.2) is 30.3 Å². The third-order valence-corrected chi connectivity index (χ3v) is 2.98. The van der Waals surface area contributed by atoms with Gasteiger partial charge in [0.15, 0.2) is 0 Å². The maximum Gasteiger partial charge on any atom is 0.415 e. The standard InChI is InChI=1S/C13H16N2O3/c1-14-12(16)11-8-5-9-15(11)13(17)18-10-6-3-2-4-7-10/h2-4,6-7,11H,5,8-9H2,1H3,(H,14,16). The molecule has 1 unspecified atom stereocenters. The number of para-hydroxylation sites is 1. The summed E-state index contributed by atoms with van der Waals surface area (Å²) in [5, 5.41) is 2.57. The Morgan fingerprint density at radius 2 is 2.06 bits per heavy atom. The second-order valence-electron chi connectivity index (χ2n) is 4.15. The summed E-state index contributed by atoms with van der Waals surface area (Å²) in [5.74, 6) is 0.350. The minimum atomic E-state index is -0.465. The normalized spacial score (nSPS) is 18.5. The number of carbonyl (C=O) groups is 2. The van der Waals surface area contributed by atoms with Gasteiger partial charge in [-0.2, -0.15) is 0 Å². The van der Waals surface area contributed by atoms with E-state index in [4.69, 9.17) is 4.74 Å². The zero-order valence-corrected chi connectivity index (χ0v) is 10.3. The van der Waals surface area contributed by atoms with Gasteiger partial charge in [0.25, 0.3) is 0 Å². The number of hydrogen-bond acceptors (Lipinski definition) is 3. The zero-order chi connectivity index (χ0) is 13.0. The summed E-state index contributed by atoms with van der Waals surface area (Å²) >= 11 is 0. The molecule has 1 fully saturated rings. The molecule has 2 rings (SSSR count). The van der Waals surface area contributed by atoms with E-state index in [2.05, 4.69) is 5.32 Å². The van der Waals surface area contributed by atoms with Gasteiger partial charge in [-0.1, -0.05) is 18.2 Å². The first-order valence-corrected chi connectivity index (χ1v) is 5.97. The number of rotatable bonds is 2. The Morgan fingerprint density at radius 3 is 2.72 bits per heavy atom. The number of nitrogens with zero attached hydrogens (tertiary/aromatic N) is 1. The van der Waals surface area contributed by atoms with Crippen LogP contribution in [0.3, 0.4) is 0 Å². The van der Waals surface area contributed by atoms with Crippen molar-refractivity contribution in [1.29, 1.82) is 0 Å². The van der Waals surface area contributed by atoms with Gasteiger partial charge < -0.3 is 10.1 Å². The molecular formula is C13H16N2O3. The van der Waals surface area contributed by atoms with Crippen molar-refractivity contribution >= 4 is 12.0 Å². The van der Waals surface area contributed by atoms with Crippen LogP contribution in [0.1, 0.15) is 12.8 Å². The lowest BCUT2D eigenvalue weighted by atomic mass is 10.2. The highest BCUT2D eigenvalue weighted by molar-refractivity contribution is 5.86. The van der Waals surface area contributed by atoms with Crippen LogP contribution in [-0.4, -0.2) is 36.5 Å². The highest BCUT2D eigenvalue weighted by Gasteiger charge is 2.34. The van der Waals surface area contributed by atoms with Gasteiger partial charge >= 0.3 is 6.09 Å². The molecule has 2 amide bonds. The van der Waals surface area contributed by atoms with Crippen molar-refractivity contribution in [3.05, 3.63) is 30.3 Å². The molecule has 1 atom stereocenters. The Labute approximate surface area is 106 Å². The average molecular weight is 248 g/mol. The molecule has 0 spiro atoms. The predicted octanol–water partition coefficient (Wildman–Crippen LogP) is 1.40. The molecule has 1 aromatic carbocycles. The number of likely N-dealkylation sites (tertiary alicyclic amines) is 1. The summed E-state index contributed by atoms with van der Waals surface area (Å²) in [6.07, 6.45) is 1.04. The predicted molar refractivity (Wildman–Crippen MR) is 66.3 cm³/mol.